The van der Waals surface area contributed by atoms with Gasteiger partial charge in [0.2, 0.25) is 0 Å². The molecule has 0 aliphatic carbocycles. The van der Waals surface area contributed by atoms with Crippen molar-refractivity contribution in [2.75, 3.05) is 20.3 Å². The van der Waals surface area contributed by atoms with E-state index in [9.17, 15) is 9.59 Å². The molecule has 1 saturated heterocycles. The highest BCUT2D eigenvalue weighted by Crippen LogP contribution is 2.32. The minimum atomic E-state index is -0.411. The van der Waals surface area contributed by atoms with Crippen molar-refractivity contribution in [2.45, 2.75) is 18.9 Å². The number of rotatable bonds is 5. The largest absolute Gasteiger partial charge is 0.465 e. The first-order valence-corrected chi connectivity index (χ1v) is 9.17. The van der Waals surface area contributed by atoms with E-state index in [2.05, 4.69) is 16.1 Å². The average molecular weight is 359 g/mol. The van der Waals surface area contributed by atoms with E-state index < -0.39 is 5.97 Å². The van der Waals surface area contributed by atoms with Gasteiger partial charge in [0, 0.05) is 23.7 Å². The number of carbonyl (C=O) groups excluding carboxylic acids is 2. The predicted octanol–water partition coefficient (Wildman–Crippen LogP) is 3.43. The molecule has 1 fully saturated rings. The van der Waals surface area contributed by atoms with Crippen molar-refractivity contribution in [3.05, 3.63) is 57.8 Å². The monoisotopic (exact) mass is 359 g/mol. The number of benzene rings is 1. The number of hydrogen-bond donors (Lipinski definition) is 1. The van der Waals surface area contributed by atoms with Gasteiger partial charge in [0.05, 0.1) is 18.7 Å². The molecule has 1 amide bonds. The molecule has 0 bridgehead atoms. The Bertz CT molecular complexity index is 706. The molecule has 1 aromatic carbocycles. The lowest BCUT2D eigenvalue weighted by molar-refractivity contribution is 0.0518. The summed E-state index contributed by atoms with van der Waals surface area (Å²) in [4.78, 5) is 25.3. The van der Waals surface area contributed by atoms with Crippen LogP contribution in [0.5, 0.6) is 0 Å². The van der Waals surface area contributed by atoms with Crippen molar-refractivity contribution in [3.63, 3.8) is 0 Å². The third kappa shape index (κ3) is 4.27. The van der Waals surface area contributed by atoms with E-state index >= 15 is 0 Å². The van der Waals surface area contributed by atoms with Gasteiger partial charge in [0.25, 0.3) is 5.91 Å². The van der Waals surface area contributed by atoms with Crippen molar-refractivity contribution in [1.29, 1.82) is 0 Å². The van der Waals surface area contributed by atoms with Crippen LogP contribution in [-0.2, 0) is 9.47 Å². The van der Waals surface area contributed by atoms with Crippen LogP contribution in [0.25, 0.3) is 0 Å². The number of amides is 1. The number of esters is 1. The van der Waals surface area contributed by atoms with Crippen molar-refractivity contribution < 1.29 is 19.1 Å². The topological polar surface area (TPSA) is 64.6 Å². The molecule has 1 aromatic heterocycles. The van der Waals surface area contributed by atoms with Crippen LogP contribution in [0.3, 0.4) is 0 Å². The summed E-state index contributed by atoms with van der Waals surface area (Å²) in [6.07, 6.45) is 1.87. The zero-order valence-electron chi connectivity index (χ0n) is 14.1. The van der Waals surface area contributed by atoms with Gasteiger partial charge in [0.15, 0.2) is 0 Å². The Morgan fingerprint density at radius 3 is 2.44 bits per heavy atom. The number of nitrogens with one attached hydrogen (secondary N) is 1. The first-order valence-electron chi connectivity index (χ1n) is 8.29. The molecular formula is C19H21NO4S. The Morgan fingerprint density at radius 2 is 1.84 bits per heavy atom. The van der Waals surface area contributed by atoms with Crippen molar-refractivity contribution in [2.24, 2.45) is 5.92 Å². The summed E-state index contributed by atoms with van der Waals surface area (Å²) in [6, 6.07) is 10.6. The summed E-state index contributed by atoms with van der Waals surface area (Å²) in [7, 11) is 1.34. The maximum Gasteiger partial charge on any atom is 0.337 e. The minimum Gasteiger partial charge on any atom is -0.465 e. The molecule has 1 aliphatic heterocycles. The summed E-state index contributed by atoms with van der Waals surface area (Å²) >= 11 is 1.65. The SMILES string of the molecule is COC(=O)c1ccc(C(=O)N[C@@H](c2cccs2)C2CCOCC2)cc1. The van der Waals surface area contributed by atoms with Crippen molar-refractivity contribution in [1.82, 2.24) is 5.32 Å². The molecule has 1 N–H and O–H groups in total. The molecule has 2 aromatic rings. The molecule has 3 rings (SSSR count). The molecule has 2 heterocycles. The van der Waals surface area contributed by atoms with Gasteiger partial charge in [-0.05, 0) is 54.5 Å². The first kappa shape index (κ1) is 17.6. The molecule has 0 unspecified atom stereocenters. The van der Waals surface area contributed by atoms with E-state index in [4.69, 9.17) is 4.74 Å². The molecule has 6 heteroatoms. The summed E-state index contributed by atoms with van der Waals surface area (Å²) in [6.45, 7) is 1.46. The Balaban J connectivity index is 1.74. The fourth-order valence-corrected chi connectivity index (χ4v) is 3.91. The summed E-state index contributed by atoms with van der Waals surface area (Å²) in [5, 5.41) is 5.19. The fraction of sp³-hybridized carbons (Fsp3) is 0.368. The Labute approximate surface area is 151 Å². The molecule has 5 nitrogen and oxygen atoms in total. The standard InChI is InChI=1S/C19H21NO4S/c1-23-19(22)15-6-4-14(5-7-15)18(21)20-17(16-3-2-12-25-16)13-8-10-24-11-9-13/h2-7,12-13,17H,8-11H2,1H3,(H,20,21)/t17-/m1/s1. The molecule has 0 spiro atoms. The highest BCUT2D eigenvalue weighted by atomic mass is 32.1. The summed E-state index contributed by atoms with van der Waals surface area (Å²) in [5.74, 6) is -0.183. The third-order valence-corrected chi connectivity index (χ3v) is 5.40. The minimum absolute atomic E-state index is 0.0170. The molecular weight excluding hydrogens is 338 g/mol. The Kier molecular flexibility index (Phi) is 5.83. The van der Waals surface area contributed by atoms with Crippen molar-refractivity contribution >= 4 is 23.2 Å². The molecule has 0 saturated carbocycles. The normalized spacial score (nSPS) is 16.2. The maximum absolute atomic E-state index is 12.7. The fourth-order valence-electron chi connectivity index (χ4n) is 3.04. The Morgan fingerprint density at radius 1 is 1.16 bits per heavy atom. The van der Waals surface area contributed by atoms with Gasteiger partial charge in [-0.15, -0.1) is 11.3 Å². The number of hydrogen-bond acceptors (Lipinski definition) is 5. The van der Waals surface area contributed by atoms with E-state index in [1.807, 2.05) is 11.4 Å². The Hall–Kier alpha value is -2.18. The molecule has 132 valence electrons. The van der Waals surface area contributed by atoms with Gasteiger partial charge < -0.3 is 14.8 Å². The second-order valence-corrected chi connectivity index (χ2v) is 6.96. The van der Waals surface area contributed by atoms with E-state index in [1.54, 1.807) is 35.6 Å². The van der Waals surface area contributed by atoms with Gasteiger partial charge in [-0.3, -0.25) is 4.79 Å². The number of ether oxygens (including phenoxy) is 2. The lowest BCUT2D eigenvalue weighted by atomic mass is 9.90. The molecule has 0 radical (unpaired) electrons. The maximum atomic E-state index is 12.7. The lowest BCUT2D eigenvalue weighted by Crippen LogP contribution is -2.35. The van der Waals surface area contributed by atoms with Crippen LogP contribution in [0.2, 0.25) is 0 Å². The van der Waals surface area contributed by atoms with Crippen LogP contribution in [0, 0.1) is 5.92 Å². The zero-order valence-corrected chi connectivity index (χ0v) is 14.9. The van der Waals surface area contributed by atoms with E-state index in [1.165, 1.54) is 7.11 Å². The van der Waals surface area contributed by atoms with E-state index in [0.717, 1.165) is 30.9 Å². The number of methoxy groups -OCH3 is 1. The first-order chi connectivity index (χ1) is 12.2. The molecule has 25 heavy (non-hydrogen) atoms. The van der Waals surface area contributed by atoms with Crippen LogP contribution in [-0.4, -0.2) is 32.2 Å². The van der Waals surface area contributed by atoms with Gasteiger partial charge >= 0.3 is 5.97 Å². The third-order valence-electron chi connectivity index (χ3n) is 4.44. The van der Waals surface area contributed by atoms with Crippen LogP contribution >= 0.6 is 11.3 Å². The summed E-state index contributed by atoms with van der Waals surface area (Å²) in [5.41, 5.74) is 0.958. The smallest absolute Gasteiger partial charge is 0.337 e. The number of carbonyl (C=O) groups is 2. The van der Waals surface area contributed by atoms with Crippen LogP contribution in [0.4, 0.5) is 0 Å². The van der Waals surface area contributed by atoms with Gasteiger partial charge in [-0.25, -0.2) is 4.79 Å². The average Bonchev–Trinajstić information content (AvgIpc) is 3.20. The quantitative estimate of drug-likeness (QED) is 0.831. The van der Waals surface area contributed by atoms with Crippen LogP contribution < -0.4 is 5.32 Å². The van der Waals surface area contributed by atoms with Crippen LogP contribution in [0.1, 0.15) is 44.5 Å². The van der Waals surface area contributed by atoms with E-state index in [0.29, 0.717) is 17.0 Å². The molecule has 1 aliphatic rings. The highest BCUT2D eigenvalue weighted by molar-refractivity contribution is 7.10. The summed E-state index contributed by atoms with van der Waals surface area (Å²) < 4.78 is 10.1. The highest BCUT2D eigenvalue weighted by Gasteiger charge is 2.28. The van der Waals surface area contributed by atoms with Crippen LogP contribution in [0.15, 0.2) is 41.8 Å². The second-order valence-electron chi connectivity index (χ2n) is 5.99. The second kappa shape index (κ2) is 8.27. The number of thiophene rings is 1. The van der Waals surface area contributed by atoms with Gasteiger partial charge in [-0.1, -0.05) is 6.07 Å². The van der Waals surface area contributed by atoms with Gasteiger partial charge in [0.1, 0.15) is 0 Å². The van der Waals surface area contributed by atoms with Crippen molar-refractivity contribution in [3.8, 4) is 0 Å². The zero-order chi connectivity index (χ0) is 17.6. The van der Waals surface area contributed by atoms with Gasteiger partial charge in [-0.2, -0.15) is 0 Å². The van der Waals surface area contributed by atoms with E-state index in [-0.39, 0.29) is 11.9 Å². The predicted molar refractivity (Wildman–Crippen MR) is 95.9 cm³/mol. The lowest BCUT2D eigenvalue weighted by Gasteiger charge is -2.30. The molecule has 1 atom stereocenters.